The second-order valence-corrected chi connectivity index (χ2v) is 3.70. The fourth-order valence-corrected chi connectivity index (χ4v) is 2.03. The van der Waals surface area contributed by atoms with Crippen molar-refractivity contribution in [2.24, 2.45) is 5.92 Å². The standard InChI is InChI=1S/C8H16F2N2/c1-6-4-12(3)5-8(9,10)7(6)11-2/h6-7,11H,4-5H2,1-3H3/t6-,7-/m0/s1. The van der Waals surface area contributed by atoms with Gasteiger partial charge in [-0.25, -0.2) is 8.78 Å². The average molecular weight is 178 g/mol. The molecule has 1 N–H and O–H groups in total. The van der Waals surface area contributed by atoms with E-state index in [-0.39, 0.29) is 12.5 Å². The van der Waals surface area contributed by atoms with Crippen LogP contribution in [0.5, 0.6) is 0 Å². The van der Waals surface area contributed by atoms with Gasteiger partial charge in [0, 0.05) is 6.54 Å². The molecule has 0 radical (unpaired) electrons. The Hall–Kier alpha value is -0.220. The van der Waals surface area contributed by atoms with E-state index in [0.717, 1.165) is 6.54 Å². The van der Waals surface area contributed by atoms with Gasteiger partial charge >= 0.3 is 0 Å². The molecule has 0 aromatic rings. The highest BCUT2D eigenvalue weighted by Gasteiger charge is 2.46. The molecule has 2 atom stereocenters. The minimum absolute atomic E-state index is 0.00347. The molecule has 0 aromatic carbocycles. The Bertz CT molecular complexity index is 161. The van der Waals surface area contributed by atoms with E-state index in [0.29, 0.717) is 0 Å². The fourth-order valence-electron chi connectivity index (χ4n) is 2.03. The van der Waals surface area contributed by atoms with Crippen LogP contribution in [0.2, 0.25) is 0 Å². The number of halogens is 2. The molecule has 12 heavy (non-hydrogen) atoms. The van der Waals surface area contributed by atoms with Gasteiger partial charge in [0.05, 0.1) is 12.6 Å². The lowest BCUT2D eigenvalue weighted by atomic mass is 9.91. The third-order valence-electron chi connectivity index (χ3n) is 2.42. The number of nitrogens with zero attached hydrogens (tertiary/aromatic N) is 1. The van der Waals surface area contributed by atoms with Gasteiger partial charge in [0.15, 0.2) is 0 Å². The molecule has 0 aliphatic carbocycles. The summed E-state index contributed by atoms with van der Waals surface area (Å²) < 4.78 is 26.5. The Morgan fingerprint density at radius 1 is 1.50 bits per heavy atom. The highest BCUT2D eigenvalue weighted by atomic mass is 19.3. The van der Waals surface area contributed by atoms with Crippen LogP contribution >= 0.6 is 0 Å². The van der Waals surface area contributed by atoms with Crippen molar-refractivity contribution in [1.29, 1.82) is 0 Å². The van der Waals surface area contributed by atoms with Crippen molar-refractivity contribution in [2.75, 3.05) is 27.2 Å². The van der Waals surface area contributed by atoms with E-state index in [2.05, 4.69) is 5.32 Å². The van der Waals surface area contributed by atoms with Crippen LogP contribution in [0, 0.1) is 5.92 Å². The first-order valence-electron chi connectivity index (χ1n) is 4.21. The molecular weight excluding hydrogens is 162 g/mol. The lowest BCUT2D eigenvalue weighted by Gasteiger charge is -2.40. The Balaban J connectivity index is 2.71. The summed E-state index contributed by atoms with van der Waals surface area (Å²) in [5, 5.41) is 2.69. The molecule has 1 rings (SSSR count). The van der Waals surface area contributed by atoms with E-state index < -0.39 is 12.0 Å². The summed E-state index contributed by atoms with van der Waals surface area (Å²) in [5.41, 5.74) is 0. The monoisotopic (exact) mass is 178 g/mol. The smallest absolute Gasteiger partial charge is 0.275 e. The van der Waals surface area contributed by atoms with E-state index in [4.69, 9.17) is 0 Å². The maximum Gasteiger partial charge on any atom is 0.275 e. The van der Waals surface area contributed by atoms with Gasteiger partial charge in [0.1, 0.15) is 0 Å². The molecule has 1 heterocycles. The SMILES string of the molecule is CN[C@H]1[C@@H](C)CN(C)CC1(F)F. The molecule has 0 unspecified atom stereocenters. The van der Waals surface area contributed by atoms with Gasteiger partial charge in [-0.1, -0.05) is 6.92 Å². The number of piperidine rings is 1. The number of rotatable bonds is 1. The summed E-state index contributed by atoms with van der Waals surface area (Å²) >= 11 is 0. The van der Waals surface area contributed by atoms with E-state index in [1.807, 2.05) is 6.92 Å². The van der Waals surface area contributed by atoms with Gasteiger partial charge in [-0.3, -0.25) is 0 Å². The Morgan fingerprint density at radius 2 is 2.08 bits per heavy atom. The molecule has 0 saturated carbocycles. The van der Waals surface area contributed by atoms with E-state index in [9.17, 15) is 8.78 Å². The fraction of sp³-hybridized carbons (Fsp3) is 1.00. The van der Waals surface area contributed by atoms with Crippen LogP contribution in [0.4, 0.5) is 8.78 Å². The second-order valence-electron chi connectivity index (χ2n) is 3.70. The van der Waals surface area contributed by atoms with Gasteiger partial charge in [-0.15, -0.1) is 0 Å². The van der Waals surface area contributed by atoms with Gasteiger partial charge in [-0.05, 0) is 20.0 Å². The minimum atomic E-state index is -2.60. The van der Waals surface area contributed by atoms with Crippen molar-refractivity contribution < 1.29 is 8.78 Å². The van der Waals surface area contributed by atoms with Crippen LogP contribution in [0.15, 0.2) is 0 Å². The first-order valence-corrected chi connectivity index (χ1v) is 4.21. The predicted molar refractivity (Wildman–Crippen MR) is 44.5 cm³/mol. The molecule has 1 aliphatic rings. The summed E-state index contributed by atoms with van der Waals surface area (Å²) in [5.74, 6) is -2.59. The normalized spacial score (nSPS) is 36.8. The van der Waals surface area contributed by atoms with Crippen molar-refractivity contribution in [1.82, 2.24) is 10.2 Å². The van der Waals surface area contributed by atoms with E-state index in [1.165, 1.54) is 0 Å². The van der Waals surface area contributed by atoms with Crippen molar-refractivity contribution in [3.8, 4) is 0 Å². The van der Waals surface area contributed by atoms with Crippen LogP contribution in [0.1, 0.15) is 6.92 Å². The highest BCUT2D eigenvalue weighted by molar-refractivity contribution is 4.93. The van der Waals surface area contributed by atoms with Gasteiger partial charge in [0.25, 0.3) is 5.92 Å². The maximum absolute atomic E-state index is 13.3. The van der Waals surface area contributed by atoms with Crippen molar-refractivity contribution in [2.45, 2.75) is 18.9 Å². The molecule has 72 valence electrons. The van der Waals surface area contributed by atoms with Crippen molar-refractivity contribution in [3.63, 3.8) is 0 Å². The van der Waals surface area contributed by atoms with Crippen LogP contribution in [0.25, 0.3) is 0 Å². The zero-order chi connectivity index (χ0) is 9.35. The third-order valence-corrected chi connectivity index (χ3v) is 2.42. The van der Waals surface area contributed by atoms with E-state index in [1.54, 1.807) is 19.0 Å². The number of hydrogen-bond acceptors (Lipinski definition) is 2. The molecular formula is C8H16F2N2. The molecule has 1 fully saturated rings. The Labute approximate surface area is 71.9 Å². The van der Waals surface area contributed by atoms with Crippen LogP contribution in [-0.2, 0) is 0 Å². The number of hydrogen-bond donors (Lipinski definition) is 1. The summed E-state index contributed by atoms with van der Waals surface area (Å²) in [7, 11) is 3.33. The van der Waals surface area contributed by atoms with Gasteiger partial charge < -0.3 is 10.2 Å². The molecule has 1 saturated heterocycles. The largest absolute Gasteiger partial charge is 0.311 e. The topological polar surface area (TPSA) is 15.3 Å². The summed E-state index contributed by atoms with van der Waals surface area (Å²) in [6.07, 6.45) is 0. The molecule has 0 bridgehead atoms. The molecule has 4 heteroatoms. The molecule has 0 aromatic heterocycles. The van der Waals surface area contributed by atoms with Crippen LogP contribution in [-0.4, -0.2) is 44.0 Å². The van der Waals surface area contributed by atoms with Crippen molar-refractivity contribution in [3.05, 3.63) is 0 Å². The first-order chi connectivity index (χ1) is 5.47. The Kier molecular flexibility index (Phi) is 2.68. The first kappa shape index (κ1) is 9.86. The zero-order valence-corrected chi connectivity index (χ0v) is 7.77. The molecule has 2 nitrogen and oxygen atoms in total. The highest BCUT2D eigenvalue weighted by Crippen LogP contribution is 2.29. The van der Waals surface area contributed by atoms with Crippen LogP contribution < -0.4 is 5.32 Å². The van der Waals surface area contributed by atoms with Crippen LogP contribution in [0.3, 0.4) is 0 Å². The number of likely N-dealkylation sites (tertiary alicyclic amines) is 1. The van der Waals surface area contributed by atoms with E-state index >= 15 is 0 Å². The summed E-state index contributed by atoms with van der Waals surface area (Å²) in [6.45, 7) is 2.45. The Morgan fingerprint density at radius 3 is 2.50 bits per heavy atom. The molecule has 0 amide bonds. The average Bonchev–Trinajstić information content (AvgIpc) is 1.82. The third kappa shape index (κ3) is 1.75. The van der Waals surface area contributed by atoms with Gasteiger partial charge in [0.2, 0.25) is 0 Å². The predicted octanol–water partition coefficient (Wildman–Crippen LogP) is 0.791. The zero-order valence-electron chi connectivity index (χ0n) is 7.77. The summed E-state index contributed by atoms with van der Waals surface area (Å²) in [4.78, 5) is 1.68. The minimum Gasteiger partial charge on any atom is -0.311 e. The van der Waals surface area contributed by atoms with Gasteiger partial charge in [-0.2, -0.15) is 0 Å². The maximum atomic E-state index is 13.3. The number of nitrogens with one attached hydrogen (secondary N) is 1. The lowest BCUT2D eigenvalue weighted by molar-refractivity contribution is -0.101. The summed E-state index contributed by atoms with van der Waals surface area (Å²) in [6, 6.07) is -0.673. The molecule has 0 spiro atoms. The molecule has 1 aliphatic heterocycles. The number of alkyl halides is 2. The quantitative estimate of drug-likeness (QED) is 0.638. The lowest BCUT2D eigenvalue weighted by Crippen LogP contribution is -2.59. The van der Waals surface area contributed by atoms with Crippen molar-refractivity contribution >= 4 is 0 Å². The second kappa shape index (κ2) is 3.26.